The fraction of sp³-hybridized carbons (Fsp3) is 0.154. The Morgan fingerprint density at radius 1 is 0.690 bits per heavy atom. The van der Waals surface area contributed by atoms with E-state index in [1.54, 1.807) is 24.3 Å². The Bertz CT molecular complexity index is 1200. The smallest absolute Gasteiger partial charge is 0.234 e. The summed E-state index contributed by atoms with van der Waals surface area (Å²) in [7, 11) is 0. The molecule has 0 amide bonds. The first-order valence-electron chi connectivity index (χ1n) is 9.94. The van der Waals surface area contributed by atoms with E-state index in [9.17, 15) is 14.7 Å². The molecular weight excluding hydrogens is 360 g/mol. The van der Waals surface area contributed by atoms with Gasteiger partial charge >= 0.3 is 0 Å². The molecule has 5 rings (SSSR count). The molecule has 3 heteroatoms. The largest absolute Gasteiger partial charge is 0.507 e. The van der Waals surface area contributed by atoms with Crippen LogP contribution in [0.5, 0.6) is 0 Å². The number of Topliss-reactive ketones (excluding diaryl/α,β-unsaturated/α-hetero) is 2. The van der Waals surface area contributed by atoms with Crippen LogP contribution in [0.25, 0.3) is 16.9 Å². The molecule has 0 saturated carbocycles. The number of fused-ring (bicyclic) bond motifs is 4. The Balaban J connectivity index is 1.33. The molecular formula is C26H20O3. The lowest BCUT2D eigenvalue weighted by Gasteiger charge is -2.17. The third-order valence-corrected chi connectivity index (χ3v) is 5.94. The Kier molecular flexibility index (Phi) is 4.17. The van der Waals surface area contributed by atoms with E-state index < -0.39 is 11.6 Å². The van der Waals surface area contributed by atoms with Crippen LogP contribution in [-0.2, 0) is 17.6 Å². The molecule has 0 fully saturated rings. The lowest BCUT2D eigenvalue weighted by atomic mass is 9.86. The van der Waals surface area contributed by atoms with Gasteiger partial charge in [0.05, 0.1) is 0 Å². The summed E-state index contributed by atoms with van der Waals surface area (Å²) in [6.45, 7) is 0. The van der Waals surface area contributed by atoms with Gasteiger partial charge in [-0.05, 0) is 53.5 Å². The summed E-state index contributed by atoms with van der Waals surface area (Å²) in [5, 5.41) is 10.5. The minimum absolute atomic E-state index is 0.0467. The second-order valence-electron chi connectivity index (χ2n) is 7.71. The number of aryl methyl sites for hydroxylation is 1. The SMILES string of the molecule is O=C1C(=O)c2ccccc2C(O)=C1CCCc1ccc2c(c1)Cc1ccccc1-2. The van der Waals surface area contributed by atoms with Crippen molar-refractivity contribution in [2.24, 2.45) is 0 Å². The van der Waals surface area contributed by atoms with Crippen molar-refractivity contribution in [2.75, 3.05) is 0 Å². The first-order valence-corrected chi connectivity index (χ1v) is 9.94. The molecule has 1 N–H and O–H groups in total. The van der Waals surface area contributed by atoms with Crippen LogP contribution in [0.15, 0.2) is 72.3 Å². The first kappa shape index (κ1) is 17.6. The van der Waals surface area contributed by atoms with Crippen molar-refractivity contribution in [1.82, 2.24) is 0 Å². The second-order valence-corrected chi connectivity index (χ2v) is 7.71. The van der Waals surface area contributed by atoms with Crippen LogP contribution in [0, 0.1) is 0 Å². The Morgan fingerprint density at radius 3 is 2.21 bits per heavy atom. The molecule has 142 valence electrons. The highest BCUT2D eigenvalue weighted by Gasteiger charge is 2.32. The molecule has 3 aromatic rings. The number of hydrogen-bond donors (Lipinski definition) is 1. The highest BCUT2D eigenvalue weighted by Crippen LogP contribution is 2.37. The van der Waals surface area contributed by atoms with Crippen molar-refractivity contribution in [2.45, 2.75) is 25.7 Å². The van der Waals surface area contributed by atoms with Crippen LogP contribution < -0.4 is 0 Å². The molecule has 0 aliphatic heterocycles. The topological polar surface area (TPSA) is 54.4 Å². The molecule has 2 aliphatic carbocycles. The van der Waals surface area contributed by atoms with Gasteiger partial charge in [0.25, 0.3) is 0 Å². The molecule has 0 aromatic heterocycles. The van der Waals surface area contributed by atoms with Gasteiger partial charge in [0.2, 0.25) is 11.6 Å². The van der Waals surface area contributed by atoms with Gasteiger partial charge in [-0.15, -0.1) is 0 Å². The highest BCUT2D eigenvalue weighted by atomic mass is 16.3. The molecule has 0 unspecified atom stereocenters. The fourth-order valence-corrected chi connectivity index (χ4v) is 4.47. The normalized spacial score (nSPS) is 14.6. The number of hydrogen-bond acceptors (Lipinski definition) is 3. The standard InChI is InChI=1S/C26H20O3/c27-24-21-9-3-4-10-22(21)25(28)26(29)23(24)11-5-6-16-12-13-20-18(14-16)15-17-7-1-2-8-19(17)20/h1-4,7-10,12-14,27H,5-6,11,15H2. The third-order valence-electron chi connectivity index (χ3n) is 5.94. The Hall–Kier alpha value is -3.46. The zero-order chi connectivity index (χ0) is 20.0. The van der Waals surface area contributed by atoms with Crippen molar-refractivity contribution in [3.63, 3.8) is 0 Å². The van der Waals surface area contributed by atoms with Crippen LogP contribution in [0.1, 0.15) is 45.5 Å². The highest BCUT2D eigenvalue weighted by molar-refractivity contribution is 6.52. The van der Waals surface area contributed by atoms with Gasteiger partial charge in [-0.25, -0.2) is 0 Å². The van der Waals surface area contributed by atoms with Crippen molar-refractivity contribution < 1.29 is 14.7 Å². The molecule has 3 nitrogen and oxygen atoms in total. The average molecular weight is 380 g/mol. The zero-order valence-electron chi connectivity index (χ0n) is 15.9. The van der Waals surface area contributed by atoms with E-state index >= 15 is 0 Å². The fourth-order valence-electron chi connectivity index (χ4n) is 4.47. The molecule has 0 radical (unpaired) electrons. The molecule has 0 heterocycles. The molecule has 0 bridgehead atoms. The molecule has 29 heavy (non-hydrogen) atoms. The molecule has 0 atom stereocenters. The molecule has 2 aliphatic rings. The van der Waals surface area contributed by atoms with E-state index in [1.165, 1.54) is 27.8 Å². The van der Waals surface area contributed by atoms with Gasteiger partial charge in [-0.2, -0.15) is 0 Å². The van der Waals surface area contributed by atoms with Gasteiger partial charge in [-0.1, -0.05) is 66.7 Å². The molecule has 0 saturated heterocycles. The number of carbonyl (C=O) groups excluding carboxylic acids is 2. The minimum Gasteiger partial charge on any atom is -0.507 e. The van der Waals surface area contributed by atoms with Gasteiger partial charge in [-0.3, -0.25) is 9.59 Å². The first-order chi connectivity index (χ1) is 14.1. The number of rotatable bonds is 4. The van der Waals surface area contributed by atoms with Gasteiger partial charge < -0.3 is 5.11 Å². The van der Waals surface area contributed by atoms with Crippen molar-refractivity contribution in [1.29, 1.82) is 0 Å². The van der Waals surface area contributed by atoms with E-state index in [0.717, 1.165) is 12.8 Å². The van der Waals surface area contributed by atoms with Crippen molar-refractivity contribution in [3.05, 3.63) is 100 Å². The van der Waals surface area contributed by atoms with Crippen LogP contribution in [0.2, 0.25) is 0 Å². The number of benzene rings is 3. The van der Waals surface area contributed by atoms with E-state index in [1.807, 2.05) is 0 Å². The Labute approximate surface area is 169 Å². The van der Waals surface area contributed by atoms with Crippen molar-refractivity contribution in [3.8, 4) is 11.1 Å². The summed E-state index contributed by atoms with van der Waals surface area (Å²) in [6.07, 6.45) is 2.84. The average Bonchev–Trinajstić information content (AvgIpc) is 3.12. The van der Waals surface area contributed by atoms with E-state index in [4.69, 9.17) is 0 Å². The number of aliphatic hydroxyl groups is 1. The maximum absolute atomic E-state index is 12.5. The van der Waals surface area contributed by atoms with E-state index in [0.29, 0.717) is 18.4 Å². The second kappa shape index (κ2) is 6.85. The summed E-state index contributed by atoms with van der Waals surface area (Å²) < 4.78 is 0. The summed E-state index contributed by atoms with van der Waals surface area (Å²) in [5.41, 5.74) is 7.51. The molecule has 0 spiro atoms. The zero-order valence-corrected chi connectivity index (χ0v) is 15.9. The summed E-state index contributed by atoms with van der Waals surface area (Å²) >= 11 is 0. The van der Waals surface area contributed by atoms with Gasteiger partial charge in [0, 0.05) is 16.7 Å². The van der Waals surface area contributed by atoms with Crippen LogP contribution in [0.4, 0.5) is 0 Å². The predicted octanol–water partition coefficient (Wildman–Crippen LogP) is 5.32. The number of ketones is 2. The van der Waals surface area contributed by atoms with Crippen LogP contribution in [0.3, 0.4) is 0 Å². The Morgan fingerprint density at radius 2 is 1.38 bits per heavy atom. The summed E-state index contributed by atoms with van der Waals surface area (Å²) in [5.74, 6) is -1.15. The summed E-state index contributed by atoms with van der Waals surface area (Å²) in [6, 6.07) is 21.8. The van der Waals surface area contributed by atoms with Crippen molar-refractivity contribution >= 4 is 17.3 Å². The van der Waals surface area contributed by atoms with Crippen LogP contribution >= 0.6 is 0 Å². The maximum atomic E-state index is 12.5. The molecule has 3 aromatic carbocycles. The van der Waals surface area contributed by atoms with E-state index in [-0.39, 0.29) is 16.9 Å². The van der Waals surface area contributed by atoms with Crippen LogP contribution in [-0.4, -0.2) is 16.7 Å². The lowest BCUT2D eigenvalue weighted by Crippen LogP contribution is -2.24. The van der Waals surface area contributed by atoms with Gasteiger partial charge in [0.1, 0.15) is 5.76 Å². The number of allylic oxidation sites excluding steroid dienone is 1. The minimum atomic E-state index is -0.578. The summed E-state index contributed by atoms with van der Waals surface area (Å²) in [4.78, 5) is 24.8. The predicted molar refractivity (Wildman–Crippen MR) is 113 cm³/mol. The number of carbonyl (C=O) groups is 2. The van der Waals surface area contributed by atoms with E-state index in [2.05, 4.69) is 42.5 Å². The third kappa shape index (κ3) is 2.90. The maximum Gasteiger partial charge on any atom is 0.234 e. The quantitative estimate of drug-likeness (QED) is 0.488. The number of aliphatic hydroxyl groups excluding tert-OH is 1. The van der Waals surface area contributed by atoms with Gasteiger partial charge in [0.15, 0.2) is 0 Å². The monoisotopic (exact) mass is 380 g/mol. The lowest BCUT2D eigenvalue weighted by molar-refractivity contribution is -0.112.